The van der Waals surface area contributed by atoms with Crippen molar-refractivity contribution in [3.63, 3.8) is 0 Å². The first-order valence-corrected chi connectivity index (χ1v) is 4.93. The van der Waals surface area contributed by atoms with E-state index in [0.29, 0.717) is 29.5 Å². The van der Waals surface area contributed by atoms with Crippen molar-refractivity contribution < 1.29 is 9.47 Å². The van der Waals surface area contributed by atoms with Gasteiger partial charge in [-0.3, -0.25) is 5.41 Å². The van der Waals surface area contributed by atoms with Gasteiger partial charge in [-0.1, -0.05) is 17.7 Å². The Balaban J connectivity index is 2.27. The molecule has 0 bridgehead atoms. The molecule has 1 fully saturated rings. The summed E-state index contributed by atoms with van der Waals surface area (Å²) in [4.78, 5) is 0. The summed E-state index contributed by atoms with van der Waals surface area (Å²) in [6.45, 7) is 1.15. The lowest BCUT2D eigenvalue weighted by molar-refractivity contribution is -0.0797. The SMILES string of the molecule is N=C(N)c1c(Cl)cccc1OC1COC1. The third kappa shape index (κ3) is 2.06. The van der Waals surface area contributed by atoms with Gasteiger partial charge in [-0.05, 0) is 12.1 Å². The third-order valence-corrected chi connectivity index (χ3v) is 2.46. The zero-order valence-electron chi connectivity index (χ0n) is 8.00. The number of rotatable bonds is 3. The summed E-state index contributed by atoms with van der Waals surface area (Å²) in [6, 6.07) is 5.20. The number of amidine groups is 1. The minimum Gasteiger partial charge on any atom is -0.485 e. The highest BCUT2D eigenvalue weighted by atomic mass is 35.5. The van der Waals surface area contributed by atoms with Crippen molar-refractivity contribution in [1.82, 2.24) is 0 Å². The second-order valence-electron chi connectivity index (χ2n) is 3.30. The van der Waals surface area contributed by atoms with Crippen molar-refractivity contribution in [2.75, 3.05) is 13.2 Å². The second-order valence-corrected chi connectivity index (χ2v) is 3.71. The van der Waals surface area contributed by atoms with Crippen molar-refractivity contribution in [2.24, 2.45) is 5.73 Å². The molecule has 80 valence electrons. The van der Waals surface area contributed by atoms with Crippen LogP contribution in [0.15, 0.2) is 18.2 Å². The first kappa shape index (κ1) is 10.3. The number of benzene rings is 1. The van der Waals surface area contributed by atoms with Crippen molar-refractivity contribution in [1.29, 1.82) is 5.41 Å². The molecule has 1 aromatic carbocycles. The Morgan fingerprint density at radius 2 is 2.27 bits per heavy atom. The molecule has 4 nitrogen and oxygen atoms in total. The van der Waals surface area contributed by atoms with Crippen LogP contribution >= 0.6 is 11.6 Å². The Labute approximate surface area is 92.4 Å². The number of hydrogen-bond donors (Lipinski definition) is 2. The Morgan fingerprint density at radius 1 is 1.53 bits per heavy atom. The van der Waals surface area contributed by atoms with Crippen LogP contribution in [0.2, 0.25) is 5.02 Å². The third-order valence-electron chi connectivity index (χ3n) is 2.15. The highest BCUT2D eigenvalue weighted by Crippen LogP contribution is 2.27. The molecule has 0 atom stereocenters. The number of ether oxygens (including phenoxy) is 2. The van der Waals surface area contributed by atoms with Crippen LogP contribution in [-0.2, 0) is 4.74 Å². The molecule has 1 aromatic rings. The zero-order valence-corrected chi connectivity index (χ0v) is 8.75. The summed E-state index contributed by atoms with van der Waals surface area (Å²) in [6.07, 6.45) is 0.0431. The van der Waals surface area contributed by atoms with Crippen LogP contribution in [-0.4, -0.2) is 25.2 Å². The molecular formula is C10H11ClN2O2. The molecular weight excluding hydrogens is 216 g/mol. The monoisotopic (exact) mass is 226 g/mol. The summed E-state index contributed by atoms with van der Waals surface area (Å²) < 4.78 is 10.6. The maximum atomic E-state index is 7.42. The standard InChI is InChI=1S/C10H11ClN2O2/c11-7-2-1-3-8(9(7)10(12)13)15-6-4-14-5-6/h1-3,6H,4-5H2,(H3,12,13). The lowest BCUT2D eigenvalue weighted by atomic mass is 10.2. The van der Waals surface area contributed by atoms with Gasteiger partial charge in [-0.15, -0.1) is 0 Å². The Kier molecular flexibility index (Phi) is 2.79. The molecule has 5 heteroatoms. The van der Waals surface area contributed by atoms with Gasteiger partial charge in [0.25, 0.3) is 0 Å². The summed E-state index contributed by atoms with van der Waals surface area (Å²) >= 11 is 5.94. The molecule has 0 spiro atoms. The molecule has 0 saturated carbocycles. The van der Waals surface area contributed by atoms with Crippen molar-refractivity contribution in [3.8, 4) is 5.75 Å². The highest BCUT2D eigenvalue weighted by molar-refractivity contribution is 6.34. The van der Waals surface area contributed by atoms with Gasteiger partial charge >= 0.3 is 0 Å². The summed E-state index contributed by atoms with van der Waals surface area (Å²) in [5.41, 5.74) is 5.89. The van der Waals surface area contributed by atoms with Crippen molar-refractivity contribution in [3.05, 3.63) is 28.8 Å². The van der Waals surface area contributed by atoms with Gasteiger partial charge in [-0.25, -0.2) is 0 Å². The maximum Gasteiger partial charge on any atom is 0.145 e. The Bertz CT molecular complexity index is 391. The largest absolute Gasteiger partial charge is 0.485 e. The average Bonchev–Trinajstić information content (AvgIpc) is 2.10. The molecule has 0 aliphatic carbocycles. The molecule has 0 amide bonds. The summed E-state index contributed by atoms with van der Waals surface area (Å²) in [5, 5.41) is 7.85. The van der Waals surface area contributed by atoms with E-state index in [9.17, 15) is 0 Å². The number of nitrogen functional groups attached to an aromatic ring is 1. The second kappa shape index (κ2) is 4.08. The molecule has 1 aliphatic heterocycles. The van der Waals surface area contributed by atoms with E-state index in [1.54, 1.807) is 18.2 Å². The van der Waals surface area contributed by atoms with Crippen LogP contribution in [0.1, 0.15) is 5.56 Å². The van der Waals surface area contributed by atoms with Crippen LogP contribution in [0.3, 0.4) is 0 Å². The van der Waals surface area contributed by atoms with E-state index >= 15 is 0 Å². The van der Waals surface area contributed by atoms with Gasteiger partial charge < -0.3 is 15.2 Å². The Morgan fingerprint density at radius 3 is 2.80 bits per heavy atom. The van der Waals surface area contributed by atoms with Crippen LogP contribution in [0.4, 0.5) is 0 Å². The number of halogens is 1. The number of nitrogens with one attached hydrogen (secondary N) is 1. The van der Waals surface area contributed by atoms with E-state index < -0.39 is 0 Å². The van der Waals surface area contributed by atoms with Gasteiger partial charge in [-0.2, -0.15) is 0 Å². The first-order valence-electron chi connectivity index (χ1n) is 4.56. The molecule has 2 rings (SSSR count). The Hall–Kier alpha value is -1.26. The normalized spacial score (nSPS) is 15.8. The molecule has 15 heavy (non-hydrogen) atoms. The van der Waals surface area contributed by atoms with Gasteiger partial charge in [0.1, 0.15) is 17.7 Å². The molecule has 0 radical (unpaired) electrons. The fraction of sp³-hybridized carbons (Fsp3) is 0.300. The minimum absolute atomic E-state index is 0.0431. The smallest absolute Gasteiger partial charge is 0.145 e. The van der Waals surface area contributed by atoms with Gasteiger partial charge in [0, 0.05) is 0 Å². The van der Waals surface area contributed by atoms with E-state index in [1.807, 2.05) is 0 Å². The lowest BCUT2D eigenvalue weighted by Gasteiger charge is -2.27. The van der Waals surface area contributed by atoms with E-state index in [1.165, 1.54) is 0 Å². The van der Waals surface area contributed by atoms with Crippen LogP contribution < -0.4 is 10.5 Å². The molecule has 0 unspecified atom stereocenters. The molecule has 3 N–H and O–H groups in total. The average molecular weight is 227 g/mol. The summed E-state index contributed by atoms with van der Waals surface area (Å²) in [7, 11) is 0. The van der Waals surface area contributed by atoms with E-state index in [4.69, 9.17) is 32.2 Å². The summed E-state index contributed by atoms with van der Waals surface area (Å²) in [5.74, 6) is 0.458. The maximum absolute atomic E-state index is 7.42. The fourth-order valence-corrected chi connectivity index (χ4v) is 1.59. The predicted molar refractivity (Wildman–Crippen MR) is 57.7 cm³/mol. The first-order chi connectivity index (χ1) is 7.18. The number of nitrogens with two attached hydrogens (primary N) is 1. The minimum atomic E-state index is -0.0872. The van der Waals surface area contributed by atoms with Gasteiger partial charge in [0.15, 0.2) is 0 Å². The van der Waals surface area contributed by atoms with Crippen LogP contribution in [0, 0.1) is 5.41 Å². The fourth-order valence-electron chi connectivity index (χ4n) is 1.33. The predicted octanol–water partition coefficient (Wildman–Crippen LogP) is 1.40. The van der Waals surface area contributed by atoms with Crippen LogP contribution in [0.5, 0.6) is 5.75 Å². The van der Waals surface area contributed by atoms with Crippen molar-refractivity contribution in [2.45, 2.75) is 6.10 Å². The lowest BCUT2D eigenvalue weighted by Crippen LogP contribution is -2.39. The number of hydrogen-bond acceptors (Lipinski definition) is 3. The van der Waals surface area contributed by atoms with Crippen molar-refractivity contribution >= 4 is 17.4 Å². The highest BCUT2D eigenvalue weighted by Gasteiger charge is 2.22. The van der Waals surface area contributed by atoms with Gasteiger partial charge in [0.2, 0.25) is 0 Å². The molecule has 0 aromatic heterocycles. The van der Waals surface area contributed by atoms with E-state index in [-0.39, 0.29) is 11.9 Å². The molecule has 1 saturated heterocycles. The van der Waals surface area contributed by atoms with E-state index in [0.717, 1.165) is 0 Å². The quantitative estimate of drug-likeness (QED) is 0.605. The topological polar surface area (TPSA) is 68.3 Å². The van der Waals surface area contributed by atoms with Gasteiger partial charge in [0.05, 0.1) is 23.8 Å². The zero-order chi connectivity index (χ0) is 10.8. The molecule has 1 heterocycles. The van der Waals surface area contributed by atoms with E-state index in [2.05, 4.69) is 0 Å². The molecule has 1 aliphatic rings. The van der Waals surface area contributed by atoms with Crippen LogP contribution in [0.25, 0.3) is 0 Å².